The smallest absolute Gasteiger partial charge is 0.340 e. The van der Waals surface area contributed by atoms with Crippen molar-refractivity contribution >= 4 is 27.4 Å². The number of aromatic nitrogens is 1. The summed E-state index contributed by atoms with van der Waals surface area (Å²) >= 11 is 1.65. The molecule has 3 rings (SSSR count). The van der Waals surface area contributed by atoms with E-state index in [4.69, 9.17) is 9.47 Å². The van der Waals surface area contributed by atoms with E-state index in [0.29, 0.717) is 11.4 Å². The summed E-state index contributed by atoms with van der Waals surface area (Å²) in [7, 11) is 1.53. The lowest BCUT2D eigenvalue weighted by molar-refractivity contribution is 0.0474. The van der Waals surface area contributed by atoms with Crippen molar-refractivity contribution in [3.05, 3.63) is 59.1 Å². The van der Waals surface area contributed by atoms with Crippen molar-refractivity contribution in [1.82, 2.24) is 4.98 Å². The summed E-state index contributed by atoms with van der Waals surface area (Å²) in [6.07, 6.45) is 1.45. The quantitative estimate of drug-likeness (QED) is 0.690. The molecule has 0 saturated carbocycles. The molecule has 0 aliphatic rings. The molecular formula is C16H13NO3S. The van der Waals surface area contributed by atoms with E-state index < -0.39 is 0 Å². The molecule has 0 N–H and O–H groups in total. The number of rotatable bonds is 4. The fraction of sp³-hybridized carbons (Fsp3) is 0.125. The molecule has 21 heavy (non-hydrogen) atoms. The van der Waals surface area contributed by atoms with Crippen LogP contribution in [-0.4, -0.2) is 18.1 Å². The zero-order chi connectivity index (χ0) is 14.7. The summed E-state index contributed by atoms with van der Waals surface area (Å²) in [5.41, 5.74) is 1.43. The number of esters is 1. The number of fused-ring (bicyclic) bond motifs is 1. The van der Waals surface area contributed by atoms with E-state index in [-0.39, 0.29) is 12.6 Å². The van der Waals surface area contributed by atoms with Gasteiger partial charge in [-0.25, -0.2) is 9.78 Å². The van der Waals surface area contributed by atoms with E-state index in [0.717, 1.165) is 10.9 Å². The van der Waals surface area contributed by atoms with Crippen molar-refractivity contribution in [3.63, 3.8) is 0 Å². The number of carbonyl (C=O) groups excluding carboxylic acids is 1. The average Bonchev–Trinajstić information content (AvgIpc) is 2.96. The van der Waals surface area contributed by atoms with Crippen molar-refractivity contribution in [3.8, 4) is 5.88 Å². The highest BCUT2D eigenvalue weighted by Crippen LogP contribution is 2.26. The Morgan fingerprint density at radius 3 is 2.86 bits per heavy atom. The minimum Gasteiger partial charge on any atom is -0.481 e. The van der Waals surface area contributed by atoms with Crippen LogP contribution >= 0.6 is 11.3 Å². The molecule has 0 aliphatic heterocycles. The van der Waals surface area contributed by atoms with Crippen LogP contribution in [0.2, 0.25) is 0 Å². The van der Waals surface area contributed by atoms with Crippen molar-refractivity contribution in [2.24, 2.45) is 0 Å². The van der Waals surface area contributed by atoms with E-state index in [9.17, 15) is 4.79 Å². The maximum absolute atomic E-state index is 12.0. The summed E-state index contributed by atoms with van der Waals surface area (Å²) in [4.78, 5) is 16.0. The zero-order valence-electron chi connectivity index (χ0n) is 11.4. The Morgan fingerprint density at radius 2 is 2.10 bits per heavy atom. The van der Waals surface area contributed by atoms with Crippen LogP contribution in [0, 0.1) is 0 Å². The van der Waals surface area contributed by atoms with Crippen LogP contribution in [0.5, 0.6) is 5.88 Å². The summed E-state index contributed by atoms with van der Waals surface area (Å²) in [6, 6.07) is 11.3. The average molecular weight is 299 g/mol. The van der Waals surface area contributed by atoms with Gasteiger partial charge < -0.3 is 9.47 Å². The number of benzene rings is 1. The van der Waals surface area contributed by atoms with Crippen molar-refractivity contribution < 1.29 is 14.3 Å². The van der Waals surface area contributed by atoms with Crippen LogP contribution in [-0.2, 0) is 11.3 Å². The Bertz CT molecular complexity index is 765. The lowest BCUT2D eigenvalue weighted by atomic mass is 10.2. The Labute approximate surface area is 126 Å². The molecule has 106 valence electrons. The van der Waals surface area contributed by atoms with Crippen LogP contribution in [0.1, 0.15) is 15.9 Å². The van der Waals surface area contributed by atoms with Gasteiger partial charge in [0.15, 0.2) is 0 Å². The van der Waals surface area contributed by atoms with Gasteiger partial charge in [-0.2, -0.15) is 0 Å². The summed E-state index contributed by atoms with van der Waals surface area (Å²) < 4.78 is 11.5. The fourth-order valence-electron chi connectivity index (χ4n) is 1.99. The van der Waals surface area contributed by atoms with Crippen LogP contribution in [0.15, 0.2) is 48.0 Å². The third kappa shape index (κ3) is 2.87. The normalized spacial score (nSPS) is 10.5. The van der Waals surface area contributed by atoms with Gasteiger partial charge in [0, 0.05) is 22.5 Å². The van der Waals surface area contributed by atoms with Gasteiger partial charge in [-0.1, -0.05) is 18.2 Å². The third-order valence-corrected chi connectivity index (χ3v) is 4.11. The number of ether oxygens (including phenoxy) is 2. The zero-order valence-corrected chi connectivity index (χ0v) is 12.2. The lowest BCUT2D eigenvalue weighted by Gasteiger charge is -2.04. The highest BCUT2D eigenvalue weighted by molar-refractivity contribution is 7.17. The molecule has 0 bridgehead atoms. The van der Waals surface area contributed by atoms with E-state index in [1.54, 1.807) is 23.5 Å². The predicted octanol–water partition coefficient (Wildman–Crippen LogP) is 3.66. The molecule has 5 heteroatoms. The molecule has 2 heterocycles. The van der Waals surface area contributed by atoms with Gasteiger partial charge >= 0.3 is 5.97 Å². The Balaban J connectivity index is 1.70. The lowest BCUT2D eigenvalue weighted by Crippen LogP contribution is -2.05. The first-order chi connectivity index (χ1) is 10.3. The number of methoxy groups -OCH3 is 1. The van der Waals surface area contributed by atoms with Crippen LogP contribution in [0.25, 0.3) is 10.1 Å². The predicted molar refractivity (Wildman–Crippen MR) is 81.7 cm³/mol. The second-order valence-corrected chi connectivity index (χ2v) is 5.33. The molecule has 0 amide bonds. The van der Waals surface area contributed by atoms with Gasteiger partial charge in [0.2, 0.25) is 5.88 Å². The molecule has 3 aromatic rings. The monoisotopic (exact) mass is 299 g/mol. The SMILES string of the molecule is COc1ccc(C(=O)OCc2csc3ccccc23)cn1. The standard InChI is InChI=1S/C16H13NO3S/c1-19-15-7-6-11(8-17-15)16(18)20-9-12-10-21-14-5-3-2-4-13(12)14/h2-8,10H,9H2,1H3. The van der Waals surface area contributed by atoms with Crippen LogP contribution in [0.3, 0.4) is 0 Å². The molecule has 4 nitrogen and oxygen atoms in total. The van der Waals surface area contributed by atoms with E-state index >= 15 is 0 Å². The molecule has 0 fully saturated rings. The third-order valence-electron chi connectivity index (χ3n) is 3.10. The first-order valence-electron chi connectivity index (χ1n) is 6.40. The fourth-order valence-corrected chi connectivity index (χ4v) is 2.94. The number of pyridine rings is 1. The first kappa shape index (κ1) is 13.6. The highest BCUT2D eigenvalue weighted by atomic mass is 32.1. The Hall–Kier alpha value is -2.40. The molecule has 2 aromatic heterocycles. The molecule has 0 aliphatic carbocycles. The minimum absolute atomic E-state index is 0.259. The molecule has 0 radical (unpaired) electrons. The maximum Gasteiger partial charge on any atom is 0.340 e. The second kappa shape index (κ2) is 5.93. The van der Waals surface area contributed by atoms with Gasteiger partial charge in [0.05, 0.1) is 12.7 Å². The Kier molecular flexibility index (Phi) is 3.83. The van der Waals surface area contributed by atoms with E-state index in [1.165, 1.54) is 18.0 Å². The van der Waals surface area contributed by atoms with Crippen molar-refractivity contribution in [1.29, 1.82) is 0 Å². The second-order valence-electron chi connectivity index (χ2n) is 4.42. The van der Waals surface area contributed by atoms with E-state index in [2.05, 4.69) is 11.1 Å². The molecule has 1 aromatic carbocycles. The van der Waals surface area contributed by atoms with Gasteiger partial charge in [-0.05, 0) is 22.9 Å². The molecule has 0 atom stereocenters. The molecule has 0 unspecified atom stereocenters. The van der Waals surface area contributed by atoms with Gasteiger partial charge in [-0.3, -0.25) is 0 Å². The van der Waals surface area contributed by atoms with Crippen LogP contribution < -0.4 is 4.74 Å². The van der Waals surface area contributed by atoms with Gasteiger partial charge in [-0.15, -0.1) is 11.3 Å². The number of carbonyl (C=O) groups is 1. The number of hydrogen-bond donors (Lipinski definition) is 0. The molecular weight excluding hydrogens is 286 g/mol. The van der Waals surface area contributed by atoms with Crippen molar-refractivity contribution in [2.75, 3.05) is 7.11 Å². The summed E-state index contributed by atoms with van der Waals surface area (Å²) in [5.74, 6) is 0.0795. The van der Waals surface area contributed by atoms with Gasteiger partial charge in [0.1, 0.15) is 6.61 Å². The van der Waals surface area contributed by atoms with E-state index in [1.807, 2.05) is 23.6 Å². The molecule has 0 saturated heterocycles. The van der Waals surface area contributed by atoms with Gasteiger partial charge in [0.25, 0.3) is 0 Å². The Morgan fingerprint density at radius 1 is 1.24 bits per heavy atom. The number of nitrogens with zero attached hydrogens (tertiary/aromatic N) is 1. The summed E-state index contributed by atoms with van der Waals surface area (Å²) in [5, 5.41) is 3.15. The number of thiophene rings is 1. The summed E-state index contributed by atoms with van der Waals surface area (Å²) in [6.45, 7) is 0.259. The van der Waals surface area contributed by atoms with Crippen molar-refractivity contribution in [2.45, 2.75) is 6.61 Å². The molecule has 0 spiro atoms. The highest BCUT2D eigenvalue weighted by Gasteiger charge is 2.10. The largest absolute Gasteiger partial charge is 0.481 e. The number of hydrogen-bond acceptors (Lipinski definition) is 5. The first-order valence-corrected chi connectivity index (χ1v) is 7.28. The maximum atomic E-state index is 12.0. The topological polar surface area (TPSA) is 48.4 Å². The van der Waals surface area contributed by atoms with Crippen LogP contribution in [0.4, 0.5) is 0 Å². The minimum atomic E-state index is -0.388.